The molecule has 1 aromatic heterocycles. The van der Waals surface area contributed by atoms with Crippen molar-refractivity contribution in [3.05, 3.63) is 30.1 Å². The van der Waals surface area contributed by atoms with Gasteiger partial charge in [0.2, 0.25) is 11.8 Å². The van der Waals surface area contributed by atoms with E-state index in [1.54, 1.807) is 6.20 Å². The number of rotatable bonds is 6. The topological polar surface area (TPSA) is 62.3 Å². The second-order valence-electron chi connectivity index (χ2n) is 5.89. The molecule has 2 heterocycles. The molecule has 5 heteroatoms. The minimum atomic E-state index is -0.159. The van der Waals surface area contributed by atoms with Crippen molar-refractivity contribution in [2.24, 2.45) is 5.92 Å². The van der Waals surface area contributed by atoms with Crippen molar-refractivity contribution >= 4 is 11.8 Å². The number of aryl methyl sites for hydroxylation is 1. The Morgan fingerprint density at radius 3 is 2.95 bits per heavy atom. The molecule has 2 fully saturated rings. The van der Waals surface area contributed by atoms with Crippen molar-refractivity contribution in [3.63, 3.8) is 0 Å². The first-order valence-corrected chi connectivity index (χ1v) is 7.71. The van der Waals surface area contributed by atoms with Gasteiger partial charge in [0.15, 0.2) is 0 Å². The zero-order valence-corrected chi connectivity index (χ0v) is 12.1. The standard InChI is InChI=1S/C16H21N3O2/c20-15-10-12(11-19(15)14-6-7-14)16(21)18-9-3-5-13-4-1-2-8-17-13/h1-2,4,8,12,14H,3,5-7,9-11H2,(H,18,21)/t12-/m1/s1. The van der Waals surface area contributed by atoms with Crippen LogP contribution in [-0.4, -0.2) is 40.8 Å². The van der Waals surface area contributed by atoms with Crippen LogP contribution in [0.5, 0.6) is 0 Å². The van der Waals surface area contributed by atoms with E-state index in [-0.39, 0.29) is 17.7 Å². The van der Waals surface area contributed by atoms with Crippen molar-refractivity contribution in [2.45, 2.75) is 38.1 Å². The summed E-state index contributed by atoms with van der Waals surface area (Å²) in [6.07, 6.45) is 6.09. The summed E-state index contributed by atoms with van der Waals surface area (Å²) in [6, 6.07) is 6.27. The van der Waals surface area contributed by atoms with E-state index in [9.17, 15) is 9.59 Å². The van der Waals surface area contributed by atoms with Gasteiger partial charge in [0.1, 0.15) is 0 Å². The molecule has 0 radical (unpaired) electrons. The first-order chi connectivity index (χ1) is 10.2. The molecule has 2 aliphatic rings. The fourth-order valence-corrected chi connectivity index (χ4v) is 2.82. The molecule has 0 spiro atoms. The highest BCUT2D eigenvalue weighted by Gasteiger charge is 2.41. The monoisotopic (exact) mass is 287 g/mol. The Bertz CT molecular complexity index is 514. The molecule has 5 nitrogen and oxygen atoms in total. The molecular weight excluding hydrogens is 266 g/mol. The van der Waals surface area contributed by atoms with Gasteiger partial charge in [-0.3, -0.25) is 14.6 Å². The molecule has 21 heavy (non-hydrogen) atoms. The maximum Gasteiger partial charge on any atom is 0.225 e. The van der Waals surface area contributed by atoms with E-state index >= 15 is 0 Å². The summed E-state index contributed by atoms with van der Waals surface area (Å²) < 4.78 is 0. The summed E-state index contributed by atoms with van der Waals surface area (Å²) in [5, 5.41) is 2.95. The quantitative estimate of drug-likeness (QED) is 0.798. The fourth-order valence-electron chi connectivity index (χ4n) is 2.82. The Morgan fingerprint density at radius 1 is 1.38 bits per heavy atom. The normalized spacial score (nSPS) is 21.6. The zero-order valence-electron chi connectivity index (χ0n) is 12.1. The van der Waals surface area contributed by atoms with Gasteiger partial charge < -0.3 is 10.2 Å². The van der Waals surface area contributed by atoms with E-state index in [1.165, 1.54) is 0 Å². The Hall–Kier alpha value is -1.91. The molecule has 2 amide bonds. The van der Waals surface area contributed by atoms with Gasteiger partial charge in [0, 0.05) is 37.4 Å². The molecule has 0 aromatic carbocycles. The number of carbonyl (C=O) groups is 2. The third kappa shape index (κ3) is 3.60. The maximum absolute atomic E-state index is 12.1. The van der Waals surface area contributed by atoms with E-state index in [0.717, 1.165) is 31.4 Å². The van der Waals surface area contributed by atoms with Gasteiger partial charge >= 0.3 is 0 Å². The lowest BCUT2D eigenvalue weighted by atomic mass is 10.1. The van der Waals surface area contributed by atoms with E-state index in [0.29, 0.717) is 25.6 Å². The molecule has 0 unspecified atom stereocenters. The van der Waals surface area contributed by atoms with Crippen molar-refractivity contribution in [2.75, 3.05) is 13.1 Å². The number of likely N-dealkylation sites (tertiary alicyclic amines) is 1. The van der Waals surface area contributed by atoms with Crippen molar-refractivity contribution < 1.29 is 9.59 Å². The van der Waals surface area contributed by atoms with Crippen molar-refractivity contribution in [1.29, 1.82) is 0 Å². The summed E-state index contributed by atoms with van der Waals surface area (Å²) in [4.78, 5) is 30.1. The highest BCUT2D eigenvalue weighted by Crippen LogP contribution is 2.32. The average molecular weight is 287 g/mol. The largest absolute Gasteiger partial charge is 0.356 e. The van der Waals surface area contributed by atoms with Gasteiger partial charge in [-0.25, -0.2) is 0 Å². The number of hydrogen-bond acceptors (Lipinski definition) is 3. The molecule has 1 saturated carbocycles. The lowest BCUT2D eigenvalue weighted by Gasteiger charge is -2.15. The highest BCUT2D eigenvalue weighted by molar-refractivity contribution is 5.89. The van der Waals surface area contributed by atoms with Gasteiger partial charge in [0.05, 0.1) is 5.92 Å². The summed E-state index contributed by atoms with van der Waals surface area (Å²) >= 11 is 0. The molecule has 3 rings (SSSR count). The number of aromatic nitrogens is 1. The van der Waals surface area contributed by atoms with Crippen LogP contribution in [0, 0.1) is 5.92 Å². The molecule has 0 bridgehead atoms. The molecule has 1 aliphatic carbocycles. The van der Waals surface area contributed by atoms with Gasteiger partial charge in [-0.2, -0.15) is 0 Å². The van der Waals surface area contributed by atoms with Gasteiger partial charge in [-0.05, 0) is 37.8 Å². The summed E-state index contributed by atoms with van der Waals surface area (Å²) in [6.45, 7) is 1.25. The Labute approximate surface area is 124 Å². The minimum Gasteiger partial charge on any atom is -0.356 e. The van der Waals surface area contributed by atoms with Crippen LogP contribution >= 0.6 is 0 Å². The Kier molecular flexibility index (Phi) is 4.18. The lowest BCUT2D eigenvalue weighted by Crippen LogP contribution is -2.34. The highest BCUT2D eigenvalue weighted by atomic mass is 16.2. The van der Waals surface area contributed by atoms with E-state index < -0.39 is 0 Å². The van der Waals surface area contributed by atoms with Gasteiger partial charge in [-0.15, -0.1) is 0 Å². The zero-order chi connectivity index (χ0) is 14.7. The molecule has 1 aliphatic heterocycles. The SMILES string of the molecule is O=C(NCCCc1ccccn1)[C@@H]1CC(=O)N(C2CC2)C1. The average Bonchev–Trinajstić information content (AvgIpc) is 3.27. The van der Waals surface area contributed by atoms with Crippen molar-refractivity contribution in [1.82, 2.24) is 15.2 Å². The lowest BCUT2D eigenvalue weighted by molar-refractivity contribution is -0.129. The van der Waals surface area contributed by atoms with Crippen LogP contribution in [0.25, 0.3) is 0 Å². The molecule has 1 N–H and O–H groups in total. The third-order valence-electron chi connectivity index (χ3n) is 4.15. The van der Waals surface area contributed by atoms with Crippen molar-refractivity contribution in [3.8, 4) is 0 Å². The summed E-state index contributed by atoms with van der Waals surface area (Å²) in [7, 11) is 0. The first-order valence-electron chi connectivity index (χ1n) is 7.71. The van der Waals surface area contributed by atoms with Crippen LogP contribution in [0.2, 0.25) is 0 Å². The van der Waals surface area contributed by atoms with E-state index in [1.807, 2.05) is 23.1 Å². The number of nitrogens with zero attached hydrogens (tertiary/aromatic N) is 2. The number of carbonyl (C=O) groups excluding carboxylic acids is 2. The molecular formula is C16H21N3O2. The fraction of sp³-hybridized carbons (Fsp3) is 0.562. The van der Waals surface area contributed by atoms with Crippen LogP contribution in [-0.2, 0) is 16.0 Å². The number of amides is 2. The molecule has 1 saturated heterocycles. The van der Waals surface area contributed by atoms with Gasteiger partial charge in [0.25, 0.3) is 0 Å². The summed E-state index contributed by atoms with van der Waals surface area (Å²) in [5.74, 6) is 0.00612. The maximum atomic E-state index is 12.1. The summed E-state index contributed by atoms with van der Waals surface area (Å²) in [5.41, 5.74) is 1.04. The van der Waals surface area contributed by atoms with Crippen LogP contribution in [0.15, 0.2) is 24.4 Å². The van der Waals surface area contributed by atoms with Crippen LogP contribution in [0.4, 0.5) is 0 Å². The Morgan fingerprint density at radius 2 is 2.24 bits per heavy atom. The predicted molar refractivity (Wildman–Crippen MR) is 78.4 cm³/mol. The molecule has 112 valence electrons. The molecule has 1 atom stereocenters. The predicted octanol–water partition coefficient (Wildman–Crippen LogP) is 1.14. The van der Waals surface area contributed by atoms with Crippen LogP contribution in [0.1, 0.15) is 31.4 Å². The minimum absolute atomic E-state index is 0.0209. The second kappa shape index (κ2) is 6.24. The van der Waals surface area contributed by atoms with Crippen LogP contribution < -0.4 is 5.32 Å². The van der Waals surface area contributed by atoms with E-state index in [2.05, 4.69) is 10.3 Å². The number of nitrogens with one attached hydrogen (secondary N) is 1. The first kappa shape index (κ1) is 14.0. The molecule has 1 aromatic rings. The Balaban J connectivity index is 1.37. The number of hydrogen-bond donors (Lipinski definition) is 1. The number of pyridine rings is 1. The third-order valence-corrected chi connectivity index (χ3v) is 4.15. The smallest absolute Gasteiger partial charge is 0.225 e. The van der Waals surface area contributed by atoms with Gasteiger partial charge in [-0.1, -0.05) is 6.07 Å². The van der Waals surface area contributed by atoms with E-state index in [4.69, 9.17) is 0 Å². The second-order valence-corrected chi connectivity index (χ2v) is 5.89. The van der Waals surface area contributed by atoms with Crippen LogP contribution in [0.3, 0.4) is 0 Å².